The summed E-state index contributed by atoms with van der Waals surface area (Å²) in [6, 6.07) is 6.49. The van der Waals surface area contributed by atoms with E-state index in [0.29, 0.717) is 18.3 Å². The molecule has 0 saturated heterocycles. The first kappa shape index (κ1) is 12.4. The second-order valence-electron chi connectivity index (χ2n) is 4.80. The van der Waals surface area contributed by atoms with Crippen molar-refractivity contribution >= 4 is 0 Å². The molecule has 1 aromatic carbocycles. The second-order valence-corrected chi connectivity index (χ2v) is 4.80. The summed E-state index contributed by atoms with van der Waals surface area (Å²) in [7, 11) is 0. The molecule has 1 fully saturated rings. The van der Waals surface area contributed by atoms with Gasteiger partial charge in [-0.2, -0.15) is 0 Å². The molecule has 2 N–H and O–H groups in total. The van der Waals surface area contributed by atoms with Crippen molar-refractivity contribution in [3.8, 4) is 5.75 Å². The van der Waals surface area contributed by atoms with E-state index in [0.717, 1.165) is 0 Å². The Balaban J connectivity index is 1.83. The minimum absolute atomic E-state index is 0.0231. The maximum Gasteiger partial charge on any atom is 0.165 e. The fraction of sp³-hybridized carbons (Fsp3) is 0.571. The van der Waals surface area contributed by atoms with E-state index >= 15 is 0 Å². The van der Waals surface area contributed by atoms with Crippen LogP contribution >= 0.6 is 0 Å². The minimum Gasteiger partial charge on any atom is -0.489 e. The van der Waals surface area contributed by atoms with E-state index in [9.17, 15) is 4.39 Å². The van der Waals surface area contributed by atoms with E-state index in [1.54, 1.807) is 18.2 Å². The Kier molecular flexibility index (Phi) is 4.37. The van der Waals surface area contributed by atoms with E-state index in [1.165, 1.54) is 38.2 Å². The molecule has 1 saturated carbocycles. The number of para-hydroxylation sites is 1. The van der Waals surface area contributed by atoms with Crippen molar-refractivity contribution in [3.63, 3.8) is 0 Å². The number of hydrogen-bond donors (Lipinski definition) is 1. The van der Waals surface area contributed by atoms with Gasteiger partial charge in [0.25, 0.3) is 0 Å². The maximum absolute atomic E-state index is 13.3. The van der Waals surface area contributed by atoms with Gasteiger partial charge in [0.15, 0.2) is 11.6 Å². The van der Waals surface area contributed by atoms with Crippen molar-refractivity contribution in [2.24, 2.45) is 11.7 Å². The number of benzene rings is 1. The predicted molar refractivity (Wildman–Crippen MR) is 66.4 cm³/mol. The number of halogens is 1. The van der Waals surface area contributed by atoms with Gasteiger partial charge in [0.2, 0.25) is 0 Å². The average molecular weight is 237 g/mol. The molecule has 1 aliphatic rings. The van der Waals surface area contributed by atoms with Crippen molar-refractivity contribution in [3.05, 3.63) is 30.1 Å². The summed E-state index contributed by atoms with van der Waals surface area (Å²) in [6.07, 6.45) is 6.21. The van der Waals surface area contributed by atoms with Gasteiger partial charge < -0.3 is 10.5 Å². The lowest BCUT2D eigenvalue weighted by atomic mass is 9.84. The van der Waals surface area contributed by atoms with E-state index in [4.69, 9.17) is 10.5 Å². The Morgan fingerprint density at radius 2 is 1.94 bits per heavy atom. The van der Waals surface area contributed by atoms with Crippen LogP contribution in [0.5, 0.6) is 5.75 Å². The fourth-order valence-corrected chi connectivity index (χ4v) is 2.45. The van der Waals surface area contributed by atoms with E-state index in [1.807, 2.05) is 0 Å². The van der Waals surface area contributed by atoms with Gasteiger partial charge in [-0.25, -0.2) is 4.39 Å². The molecule has 1 aromatic rings. The van der Waals surface area contributed by atoms with Crippen molar-refractivity contribution in [2.45, 2.75) is 38.1 Å². The summed E-state index contributed by atoms with van der Waals surface area (Å²) in [6.45, 7) is 0.408. The summed E-state index contributed by atoms with van der Waals surface area (Å²) in [5, 5.41) is 0. The van der Waals surface area contributed by atoms with E-state index < -0.39 is 0 Å². The topological polar surface area (TPSA) is 35.2 Å². The Bertz CT molecular complexity index is 350. The molecular weight excluding hydrogens is 217 g/mol. The number of hydrogen-bond acceptors (Lipinski definition) is 2. The van der Waals surface area contributed by atoms with Crippen LogP contribution in [0.25, 0.3) is 0 Å². The van der Waals surface area contributed by atoms with Crippen LogP contribution in [0.4, 0.5) is 4.39 Å². The molecule has 2 nitrogen and oxygen atoms in total. The first-order valence-electron chi connectivity index (χ1n) is 6.40. The maximum atomic E-state index is 13.3. The monoisotopic (exact) mass is 237 g/mol. The Labute approximate surface area is 102 Å². The van der Waals surface area contributed by atoms with Crippen LogP contribution < -0.4 is 10.5 Å². The summed E-state index contributed by atoms with van der Waals surface area (Å²) >= 11 is 0. The largest absolute Gasteiger partial charge is 0.489 e. The van der Waals surface area contributed by atoms with Crippen LogP contribution in [0.15, 0.2) is 24.3 Å². The van der Waals surface area contributed by atoms with Gasteiger partial charge in [-0.15, -0.1) is 0 Å². The molecule has 3 heteroatoms. The van der Waals surface area contributed by atoms with Gasteiger partial charge in [-0.3, -0.25) is 0 Å². The molecule has 0 aliphatic heterocycles. The third-order valence-electron chi connectivity index (χ3n) is 3.52. The average Bonchev–Trinajstić information content (AvgIpc) is 2.38. The standard InChI is InChI=1S/C14H20FNO/c15-12-8-4-5-9-14(12)17-10-13(16)11-6-2-1-3-7-11/h4-5,8-9,11,13H,1-3,6-7,10,16H2. The lowest BCUT2D eigenvalue weighted by molar-refractivity contribution is 0.208. The zero-order chi connectivity index (χ0) is 12.1. The molecule has 0 heterocycles. The van der Waals surface area contributed by atoms with Crippen LogP contribution in [-0.4, -0.2) is 12.6 Å². The summed E-state index contributed by atoms with van der Waals surface area (Å²) in [5.74, 6) is 0.526. The highest BCUT2D eigenvalue weighted by Crippen LogP contribution is 2.26. The smallest absolute Gasteiger partial charge is 0.165 e. The SMILES string of the molecule is NC(COc1ccccc1F)C1CCCCC1. The quantitative estimate of drug-likeness (QED) is 0.873. The lowest BCUT2D eigenvalue weighted by Gasteiger charge is -2.27. The second kappa shape index (κ2) is 6.01. The van der Waals surface area contributed by atoms with Gasteiger partial charge in [-0.1, -0.05) is 31.4 Å². The van der Waals surface area contributed by atoms with Crippen LogP contribution in [0, 0.1) is 11.7 Å². The van der Waals surface area contributed by atoms with Crippen molar-refractivity contribution in [1.29, 1.82) is 0 Å². The minimum atomic E-state index is -0.316. The molecule has 1 atom stereocenters. The molecule has 1 aliphatic carbocycles. The third-order valence-corrected chi connectivity index (χ3v) is 3.52. The van der Waals surface area contributed by atoms with Gasteiger partial charge in [0.05, 0.1) is 0 Å². The molecule has 1 unspecified atom stereocenters. The van der Waals surface area contributed by atoms with Gasteiger partial charge in [0, 0.05) is 6.04 Å². The molecule has 0 bridgehead atoms. The molecule has 0 radical (unpaired) electrons. The van der Waals surface area contributed by atoms with Gasteiger partial charge >= 0.3 is 0 Å². The van der Waals surface area contributed by atoms with Crippen molar-refractivity contribution in [2.75, 3.05) is 6.61 Å². The molecule has 2 rings (SSSR count). The van der Waals surface area contributed by atoms with Crippen molar-refractivity contribution in [1.82, 2.24) is 0 Å². The highest BCUT2D eigenvalue weighted by molar-refractivity contribution is 5.23. The van der Waals surface area contributed by atoms with Crippen LogP contribution in [-0.2, 0) is 0 Å². The Hall–Kier alpha value is -1.09. The number of rotatable bonds is 4. The first-order chi connectivity index (χ1) is 8.27. The summed E-state index contributed by atoms with van der Waals surface area (Å²) in [4.78, 5) is 0. The zero-order valence-electron chi connectivity index (χ0n) is 10.1. The first-order valence-corrected chi connectivity index (χ1v) is 6.40. The normalized spacial score (nSPS) is 18.9. The van der Waals surface area contributed by atoms with Crippen LogP contribution in [0.1, 0.15) is 32.1 Å². The molecular formula is C14H20FNO. The van der Waals surface area contributed by atoms with E-state index in [2.05, 4.69) is 0 Å². The van der Waals surface area contributed by atoms with Crippen LogP contribution in [0.3, 0.4) is 0 Å². The molecule has 0 aromatic heterocycles. The molecule has 94 valence electrons. The van der Waals surface area contributed by atoms with E-state index in [-0.39, 0.29) is 11.9 Å². The summed E-state index contributed by atoms with van der Waals surface area (Å²) < 4.78 is 18.8. The third kappa shape index (κ3) is 3.43. The molecule has 0 spiro atoms. The lowest BCUT2D eigenvalue weighted by Crippen LogP contribution is -2.37. The highest BCUT2D eigenvalue weighted by atomic mass is 19.1. The highest BCUT2D eigenvalue weighted by Gasteiger charge is 2.21. The van der Waals surface area contributed by atoms with Gasteiger partial charge in [-0.05, 0) is 30.9 Å². The van der Waals surface area contributed by atoms with Crippen LogP contribution in [0.2, 0.25) is 0 Å². The van der Waals surface area contributed by atoms with Gasteiger partial charge in [0.1, 0.15) is 6.61 Å². The number of nitrogens with two attached hydrogens (primary N) is 1. The fourth-order valence-electron chi connectivity index (χ4n) is 2.45. The Morgan fingerprint density at radius 3 is 2.65 bits per heavy atom. The Morgan fingerprint density at radius 1 is 1.24 bits per heavy atom. The zero-order valence-corrected chi connectivity index (χ0v) is 10.1. The predicted octanol–water partition coefficient (Wildman–Crippen LogP) is 3.11. The summed E-state index contributed by atoms with van der Waals surface area (Å²) in [5.41, 5.74) is 6.10. The molecule has 17 heavy (non-hydrogen) atoms. The van der Waals surface area contributed by atoms with Crippen molar-refractivity contribution < 1.29 is 9.13 Å². The number of ether oxygens (including phenoxy) is 1. The molecule has 0 amide bonds.